The van der Waals surface area contributed by atoms with Gasteiger partial charge in [0.15, 0.2) is 0 Å². The van der Waals surface area contributed by atoms with Crippen LogP contribution in [-0.4, -0.2) is 43.0 Å². The van der Waals surface area contributed by atoms with Crippen molar-refractivity contribution >= 4 is 11.6 Å². The number of pyridine rings is 1. The van der Waals surface area contributed by atoms with Gasteiger partial charge in [0.25, 0.3) is 0 Å². The molecule has 0 aromatic carbocycles. The van der Waals surface area contributed by atoms with Gasteiger partial charge in [-0.15, -0.1) is 0 Å². The zero-order valence-corrected chi connectivity index (χ0v) is 12.2. The molecule has 0 aliphatic carbocycles. The number of anilines is 1. The lowest BCUT2D eigenvalue weighted by atomic mass is 10.2. The number of carbonyl (C=O) groups is 1. The van der Waals surface area contributed by atoms with Gasteiger partial charge in [0.05, 0.1) is 12.2 Å². The highest BCUT2D eigenvalue weighted by atomic mass is 16.2. The topological polar surface area (TPSA) is 57.3 Å². The lowest BCUT2D eigenvalue weighted by Crippen LogP contribution is -2.36. The van der Waals surface area contributed by atoms with E-state index in [1.807, 2.05) is 31.1 Å². The van der Waals surface area contributed by atoms with E-state index in [1.165, 1.54) is 0 Å². The Morgan fingerprint density at radius 3 is 2.84 bits per heavy atom. The van der Waals surface area contributed by atoms with Crippen molar-refractivity contribution in [1.82, 2.24) is 15.2 Å². The number of rotatable bonds is 7. The Balaban J connectivity index is 2.41. The van der Waals surface area contributed by atoms with Gasteiger partial charge in [0, 0.05) is 32.0 Å². The van der Waals surface area contributed by atoms with Crippen LogP contribution in [0.3, 0.4) is 0 Å². The predicted octanol–water partition coefficient (Wildman–Crippen LogP) is 1.33. The fourth-order valence-corrected chi connectivity index (χ4v) is 1.67. The molecule has 0 saturated heterocycles. The maximum atomic E-state index is 11.7. The molecule has 5 heteroatoms. The maximum Gasteiger partial charge on any atom is 0.234 e. The summed E-state index contributed by atoms with van der Waals surface area (Å²) in [6, 6.07) is 3.90. The third-order valence-corrected chi connectivity index (χ3v) is 2.66. The molecule has 0 aliphatic heterocycles. The number of likely N-dealkylation sites (N-methyl/N-ethyl adjacent to an activating group) is 1. The van der Waals surface area contributed by atoms with Crippen molar-refractivity contribution in [3.63, 3.8) is 0 Å². The molecule has 1 heterocycles. The fourth-order valence-electron chi connectivity index (χ4n) is 1.67. The monoisotopic (exact) mass is 264 g/mol. The zero-order valence-electron chi connectivity index (χ0n) is 12.2. The Kier molecular flexibility index (Phi) is 6.29. The van der Waals surface area contributed by atoms with Crippen LogP contribution in [0.1, 0.15) is 19.5 Å². The number of carbonyl (C=O) groups excluding carboxylic acids is 1. The summed E-state index contributed by atoms with van der Waals surface area (Å²) >= 11 is 0. The van der Waals surface area contributed by atoms with E-state index < -0.39 is 0 Å². The smallest absolute Gasteiger partial charge is 0.234 e. The van der Waals surface area contributed by atoms with Gasteiger partial charge in [-0.25, -0.2) is 0 Å². The van der Waals surface area contributed by atoms with Gasteiger partial charge in [0.2, 0.25) is 5.91 Å². The van der Waals surface area contributed by atoms with E-state index in [-0.39, 0.29) is 5.91 Å². The van der Waals surface area contributed by atoms with E-state index in [0.717, 1.165) is 17.9 Å². The van der Waals surface area contributed by atoms with Crippen molar-refractivity contribution in [2.45, 2.75) is 20.4 Å². The molecule has 1 aromatic heterocycles. The van der Waals surface area contributed by atoms with Gasteiger partial charge >= 0.3 is 0 Å². The third-order valence-electron chi connectivity index (χ3n) is 2.66. The van der Waals surface area contributed by atoms with E-state index in [0.29, 0.717) is 19.0 Å². The first-order chi connectivity index (χ1) is 9.01. The molecule has 0 saturated carbocycles. The molecule has 0 atom stereocenters. The minimum absolute atomic E-state index is 0.0565. The van der Waals surface area contributed by atoms with Crippen molar-refractivity contribution in [2.75, 3.05) is 32.5 Å². The Morgan fingerprint density at radius 1 is 1.47 bits per heavy atom. The summed E-state index contributed by atoms with van der Waals surface area (Å²) in [5.74, 6) is 0.532. The lowest BCUT2D eigenvalue weighted by Gasteiger charge is -2.16. The first-order valence-corrected chi connectivity index (χ1v) is 6.59. The molecule has 106 valence electrons. The second-order valence-electron chi connectivity index (χ2n) is 5.16. The molecular formula is C14H24N4O. The highest BCUT2D eigenvalue weighted by Gasteiger charge is 2.08. The summed E-state index contributed by atoms with van der Waals surface area (Å²) in [4.78, 5) is 17.9. The van der Waals surface area contributed by atoms with E-state index in [1.54, 1.807) is 6.20 Å². The van der Waals surface area contributed by atoms with Crippen LogP contribution < -0.4 is 10.6 Å². The zero-order chi connectivity index (χ0) is 14.3. The second kappa shape index (κ2) is 7.74. The molecule has 0 radical (unpaired) electrons. The summed E-state index contributed by atoms with van der Waals surface area (Å²) < 4.78 is 0. The largest absolute Gasteiger partial charge is 0.388 e. The Bertz CT molecular complexity index is 406. The summed E-state index contributed by atoms with van der Waals surface area (Å²) in [6.45, 7) is 5.93. The van der Waals surface area contributed by atoms with Crippen molar-refractivity contribution in [3.8, 4) is 0 Å². The minimum atomic E-state index is 0.0565. The van der Waals surface area contributed by atoms with Gasteiger partial charge in [-0.1, -0.05) is 13.8 Å². The summed E-state index contributed by atoms with van der Waals surface area (Å²) in [5.41, 5.74) is 1.98. The minimum Gasteiger partial charge on any atom is -0.388 e. The molecule has 1 amide bonds. The molecule has 1 aromatic rings. The lowest BCUT2D eigenvalue weighted by molar-refractivity contribution is -0.122. The number of hydrogen-bond donors (Lipinski definition) is 2. The predicted molar refractivity (Wildman–Crippen MR) is 78.0 cm³/mol. The van der Waals surface area contributed by atoms with Crippen LogP contribution >= 0.6 is 0 Å². The molecule has 5 nitrogen and oxygen atoms in total. The maximum absolute atomic E-state index is 11.7. The van der Waals surface area contributed by atoms with Crippen LogP contribution in [0.2, 0.25) is 0 Å². The van der Waals surface area contributed by atoms with Crippen LogP contribution in [0.5, 0.6) is 0 Å². The Labute approximate surface area is 115 Å². The van der Waals surface area contributed by atoms with Gasteiger partial charge in [0.1, 0.15) is 0 Å². The van der Waals surface area contributed by atoms with Crippen LogP contribution in [0.25, 0.3) is 0 Å². The van der Waals surface area contributed by atoms with Gasteiger partial charge in [-0.2, -0.15) is 0 Å². The molecule has 0 aliphatic rings. The highest BCUT2D eigenvalue weighted by Crippen LogP contribution is 2.08. The molecular weight excluding hydrogens is 240 g/mol. The Hall–Kier alpha value is -1.62. The average molecular weight is 264 g/mol. The molecule has 0 unspecified atom stereocenters. The SMILES string of the molecule is CNc1ccnc(CN(C)CC(=O)NCC(C)C)c1. The number of aromatic nitrogens is 1. The molecule has 1 rings (SSSR count). The number of amides is 1. The van der Waals surface area contributed by atoms with Gasteiger partial charge in [-0.05, 0) is 25.1 Å². The number of hydrogen-bond acceptors (Lipinski definition) is 4. The quantitative estimate of drug-likeness (QED) is 0.780. The van der Waals surface area contributed by atoms with Crippen molar-refractivity contribution in [2.24, 2.45) is 5.92 Å². The first kappa shape index (κ1) is 15.4. The second-order valence-corrected chi connectivity index (χ2v) is 5.16. The number of nitrogens with zero attached hydrogens (tertiary/aromatic N) is 2. The Morgan fingerprint density at radius 2 is 2.21 bits per heavy atom. The van der Waals surface area contributed by atoms with E-state index >= 15 is 0 Å². The van der Waals surface area contributed by atoms with Crippen LogP contribution in [-0.2, 0) is 11.3 Å². The van der Waals surface area contributed by atoms with E-state index in [2.05, 4.69) is 29.5 Å². The van der Waals surface area contributed by atoms with E-state index in [9.17, 15) is 4.79 Å². The third kappa shape index (κ3) is 6.20. The van der Waals surface area contributed by atoms with Crippen molar-refractivity contribution < 1.29 is 4.79 Å². The highest BCUT2D eigenvalue weighted by molar-refractivity contribution is 5.77. The molecule has 0 fully saturated rings. The summed E-state index contributed by atoms with van der Waals surface area (Å²) in [6.07, 6.45) is 1.77. The van der Waals surface area contributed by atoms with Gasteiger partial charge in [-0.3, -0.25) is 14.7 Å². The van der Waals surface area contributed by atoms with Crippen LogP contribution in [0, 0.1) is 5.92 Å². The van der Waals surface area contributed by atoms with Crippen LogP contribution in [0.15, 0.2) is 18.3 Å². The van der Waals surface area contributed by atoms with Crippen molar-refractivity contribution in [3.05, 3.63) is 24.0 Å². The molecule has 2 N–H and O–H groups in total. The van der Waals surface area contributed by atoms with Crippen molar-refractivity contribution in [1.29, 1.82) is 0 Å². The normalized spacial score (nSPS) is 10.8. The standard InChI is InChI=1S/C14H24N4O/c1-11(2)8-17-14(19)10-18(4)9-13-7-12(15-3)5-6-16-13/h5-7,11H,8-10H2,1-4H3,(H,15,16)(H,17,19). The molecule has 0 spiro atoms. The fraction of sp³-hybridized carbons (Fsp3) is 0.571. The molecule has 19 heavy (non-hydrogen) atoms. The first-order valence-electron chi connectivity index (χ1n) is 6.59. The molecule has 0 bridgehead atoms. The van der Waals surface area contributed by atoms with Gasteiger partial charge < -0.3 is 10.6 Å². The van der Waals surface area contributed by atoms with Crippen LogP contribution in [0.4, 0.5) is 5.69 Å². The number of nitrogens with one attached hydrogen (secondary N) is 2. The summed E-state index contributed by atoms with van der Waals surface area (Å²) in [5, 5.41) is 5.98. The average Bonchev–Trinajstić information content (AvgIpc) is 2.36. The van der Waals surface area contributed by atoms with E-state index in [4.69, 9.17) is 0 Å². The summed E-state index contributed by atoms with van der Waals surface area (Å²) in [7, 11) is 3.80.